The van der Waals surface area contributed by atoms with E-state index >= 15 is 0 Å². The Hall–Kier alpha value is -0.370. The molecule has 1 fully saturated rings. The average Bonchev–Trinajstić information content (AvgIpc) is 2.15. The number of ketones is 1. The van der Waals surface area contributed by atoms with Gasteiger partial charge in [0.15, 0.2) is 5.78 Å². The molecule has 0 radical (unpaired) electrons. The number of carbonyl (C=O) groups excluding carboxylic acids is 1. The van der Waals surface area contributed by atoms with E-state index in [9.17, 15) is 4.79 Å². The van der Waals surface area contributed by atoms with Crippen LogP contribution in [0.15, 0.2) is 0 Å². The molecule has 1 heterocycles. The van der Waals surface area contributed by atoms with Crippen LogP contribution in [-0.4, -0.2) is 17.9 Å². The fourth-order valence-electron chi connectivity index (χ4n) is 1.99. The van der Waals surface area contributed by atoms with Crippen LogP contribution in [0.1, 0.15) is 52.9 Å². The van der Waals surface area contributed by atoms with E-state index in [-0.39, 0.29) is 5.54 Å². The smallest absolute Gasteiger partial charge is 0.152 e. The summed E-state index contributed by atoms with van der Waals surface area (Å²) in [6.07, 6.45) is 5.19. The van der Waals surface area contributed by atoms with Gasteiger partial charge in [0.25, 0.3) is 0 Å². The second-order valence-corrected chi connectivity index (χ2v) is 5.07. The van der Waals surface area contributed by atoms with Gasteiger partial charge in [0.1, 0.15) is 0 Å². The number of piperidine rings is 1. The summed E-state index contributed by atoms with van der Waals surface area (Å²) in [7, 11) is 0. The van der Waals surface area contributed by atoms with E-state index < -0.39 is 0 Å². The van der Waals surface area contributed by atoms with Crippen LogP contribution in [0, 0.1) is 5.92 Å². The van der Waals surface area contributed by atoms with Crippen molar-refractivity contribution >= 4 is 5.78 Å². The Morgan fingerprint density at radius 3 is 2.64 bits per heavy atom. The summed E-state index contributed by atoms with van der Waals surface area (Å²) in [5.74, 6) is 1.04. The highest BCUT2D eigenvalue weighted by molar-refractivity contribution is 5.88. The molecular weight excluding hydrogens is 174 g/mol. The summed E-state index contributed by atoms with van der Waals surface area (Å²) in [6.45, 7) is 7.41. The minimum Gasteiger partial charge on any atom is -0.305 e. The van der Waals surface area contributed by atoms with E-state index in [1.165, 1.54) is 12.8 Å². The predicted octanol–water partition coefficient (Wildman–Crippen LogP) is 2.52. The van der Waals surface area contributed by atoms with Crippen molar-refractivity contribution in [3.05, 3.63) is 0 Å². The number of hydrogen-bond donors (Lipinski definition) is 1. The van der Waals surface area contributed by atoms with Gasteiger partial charge < -0.3 is 5.32 Å². The van der Waals surface area contributed by atoms with Gasteiger partial charge in [-0.3, -0.25) is 4.79 Å². The number of nitrogens with one attached hydrogen (secondary N) is 1. The molecule has 1 unspecified atom stereocenters. The first-order chi connectivity index (χ1) is 6.54. The molecule has 0 amide bonds. The van der Waals surface area contributed by atoms with Gasteiger partial charge in [0.05, 0.1) is 5.54 Å². The molecule has 1 aliphatic rings. The van der Waals surface area contributed by atoms with Crippen LogP contribution in [0.3, 0.4) is 0 Å². The topological polar surface area (TPSA) is 29.1 Å². The van der Waals surface area contributed by atoms with Crippen LogP contribution in [0.2, 0.25) is 0 Å². The molecule has 1 saturated heterocycles. The molecule has 0 bridgehead atoms. The molecule has 82 valence electrons. The summed E-state index contributed by atoms with van der Waals surface area (Å²) in [4.78, 5) is 12.0. The summed E-state index contributed by atoms with van der Waals surface area (Å²) >= 11 is 0. The van der Waals surface area contributed by atoms with Gasteiger partial charge in [-0.25, -0.2) is 0 Å². The Labute approximate surface area is 87.5 Å². The third-order valence-corrected chi connectivity index (χ3v) is 3.18. The van der Waals surface area contributed by atoms with Crippen molar-refractivity contribution in [2.24, 2.45) is 5.92 Å². The lowest BCUT2D eigenvalue weighted by molar-refractivity contribution is -0.126. The number of rotatable bonds is 4. The lowest BCUT2D eigenvalue weighted by Gasteiger charge is -2.33. The van der Waals surface area contributed by atoms with Crippen molar-refractivity contribution in [2.45, 2.75) is 58.4 Å². The molecule has 0 aromatic carbocycles. The van der Waals surface area contributed by atoms with Crippen molar-refractivity contribution in [3.8, 4) is 0 Å². The van der Waals surface area contributed by atoms with Crippen LogP contribution < -0.4 is 5.32 Å². The first kappa shape index (κ1) is 11.7. The molecular formula is C12H23NO. The van der Waals surface area contributed by atoms with Gasteiger partial charge in [-0.1, -0.05) is 13.8 Å². The normalized spacial score (nSPS) is 28.0. The zero-order chi connectivity index (χ0) is 10.6. The number of carbonyl (C=O) groups is 1. The van der Waals surface area contributed by atoms with Crippen molar-refractivity contribution in [3.63, 3.8) is 0 Å². The highest BCUT2D eigenvalue weighted by atomic mass is 16.1. The second-order valence-electron chi connectivity index (χ2n) is 5.07. The Balaban J connectivity index is 2.41. The molecule has 1 rings (SSSR count). The van der Waals surface area contributed by atoms with Gasteiger partial charge in [-0.15, -0.1) is 0 Å². The van der Waals surface area contributed by atoms with E-state index in [2.05, 4.69) is 26.1 Å². The van der Waals surface area contributed by atoms with E-state index in [1.807, 2.05) is 0 Å². The first-order valence-electron chi connectivity index (χ1n) is 5.83. The van der Waals surface area contributed by atoms with E-state index in [1.54, 1.807) is 0 Å². The molecule has 1 atom stereocenters. The SMILES string of the molecule is CC(C)CCC(=O)C1(C)CCCCN1. The number of hydrogen-bond acceptors (Lipinski definition) is 2. The van der Waals surface area contributed by atoms with Crippen LogP contribution in [-0.2, 0) is 4.79 Å². The van der Waals surface area contributed by atoms with E-state index in [0.29, 0.717) is 11.7 Å². The summed E-state index contributed by atoms with van der Waals surface area (Å²) in [5, 5.41) is 3.37. The molecule has 0 spiro atoms. The van der Waals surface area contributed by atoms with Crippen LogP contribution in [0.25, 0.3) is 0 Å². The largest absolute Gasteiger partial charge is 0.305 e. The quantitative estimate of drug-likeness (QED) is 0.750. The van der Waals surface area contributed by atoms with Crippen LogP contribution in [0.5, 0.6) is 0 Å². The highest BCUT2D eigenvalue weighted by Gasteiger charge is 2.33. The van der Waals surface area contributed by atoms with Gasteiger partial charge in [-0.05, 0) is 45.1 Å². The molecule has 0 aromatic rings. The third-order valence-electron chi connectivity index (χ3n) is 3.18. The molecule has 2 nitrogen and oxygen atoms in total. The fraction of sp³-hybridized carbons (Fsp3) is 0.917. The first-order valence-corrected chi connectivity index (χ1v) is 5.83. The maximum absolute atomic E-state index is 12.0. The summed E-state index contributed by atoms with van der Waals surface area (Å²) in [5.41, 5.74) is -0.215. The van der Waals surface area contributed by atoms with Crippen LogP contribution in [0.4, 0.5) is 0 Å². The minimum absolute atomic E-state index is 0.215. The maximum atomic E-state index is 12.0. The lowest BCUT2D eigenvalue weighted by Crippen LogP contribution is -2.52. The third kappa shape index (κ3) is 3.09. The Morgan fingerprint density at radius 2 is 2.14 bits per heavy atom. The number of Topliss-reactive ketones (excluding diaryl/α,β-unsaturated/α-hetero) is 1. The molecule has 2 heteroatoms. The molecule has 0 saturated carbocycles. The maximum Gasteiger partial charge on any atom is 0.152 e. The fourth-order valence-corrected chi connectivity index (χ4v) is 1.99. The minimum atomic E-state index is -0.215. The Morgan fingerprint density at radius 1 is 1.43 bits per heavy atom. The Kier molecular flexibility index (Phi) is 4.11. The summed E-state index contributed by atoms with van der Waals surface area (Å²) < 4.78 is 0. The Bertz CT molecular complexity index is 192. The molecule has 1 N–H and O–H groups in total. The molecule has 0 aromatic heterocycles. The highest BCUT2D eigenvalue weighted by Crippen LogP contribution is 2.22. The van der Waals surface area contributed by atoms with Crippen LogP contribution >= 0.6 is 0 Å². The van der Waals surface area contributed by atoms with Crippen molar-refractivity contribution in [2.75, 3.05) is 6.54 Å². The predicted molar refractivity (Wildman–Crippen MR) is 59.3 cm³/mol. The second kappa shape index (κ2) is 4.92. The van der Waals surface area contributed by atoms with Crippen molar-refractivity contribution < 1.29 is 4.79 Å². The lowest BCUT2D eigenvalue weighted by atomic mass is 9.84. The molecule has 1 aliphatic heterocycles. The van der Waals surface area contributed by atoms with Gasteiger partial charge in [0.2, 0.25) is 0 Å². The molecule has 0 aliphatic carbocycles. The molecule has 14 heavy (non-hydrogen) atoms. The van der Waals surface area contributed by atoms with Gasteiger partial charge in [0, 0.05) is 6.42 Å². The van der Waals surface area contributed by atoms with Crippen molar-refractivity contribution in [1.82, 2.24) is 5.32 Å². The van der Waals surface area contributed by atoms with Gasteiger partial charge in [-0.2, -0.15) is 0 Å². The van der Waals surface area contributed by atoms with E-state index in [4.69, 9.17) is 0 Å². The standard InChI is InChI=1S/C12H23NO/c1-10(2)6-7-11(14)12(3)8-4-5-9-13-12/h10,13H,4-9H2,1-3H3. The van der Waals surface area contributed by atoms with Gasteiger partial charge >= 0.3 is 0 Å². The summed E-state index contributed by atoms with van der Waals surface area (Å²) in [6, 6.07) is 0. The monoisotopic (exact) mass is 197 g/mol. The van der Waals surface area contributed by atoms with Crippen molar-refractivity contribution in [1.29, 1.82) is 0 Å². The zero-order valence-corrected chi connectivity index (χ0v) is 9.73. The average molecular weight is 197 g/mol. The zero-order valence-electron chi connectivity index (χ0n) is 9.73. The van der Waals surface area contributed by atoms with E-state index in [0.717, 1.165) is 25.8 Å².